The molecule has 0 atom stereocenters. The lowest BCUT2D eigenvalue weighted by Gasteiger charge is -2.19. The molecule has 1 aromatic heterocycles. The van der Waals surface area contributed by atoms with Crippen LogP contribution >= 0.6 is 11.3 Å². The van der Waals surface area contributed by atoms with Crippen LogP contribution in [0.15, 0.2) is 29.6 Å². The Labute approximate surface area is 145 Å². The second-order valence-electron chi connectivity index (χ2n) is 5.68. The van der Waals surface area contributed by atoms with E-state index in [1.807, 2.05) is 25.3 Å². The standard InChI is InChI=1S/C18H21NO4S/c1-12-9-14(10-13(2)17(12)23-11-16(20)21)18(22)19(3)7-6-15-5-4-8-24-15/h4-5,8-10H,6-7,11H2,1-3H3,(H,20,21). The molecule has 2 rings (SSSR count). The first kappa shape index (κ1) is 18.0. The number of carbonyl (C=O) groups is 2. The molecule has 0 aliphatic rings. The number of amides is 1. The monoisotopic (exact) mass is 347 g/mol. The van der Waals surface area contributed by atoms with Gasteiger partial charge >= 0.3 is 5.97 Å². The number of likely N-dealkylation sites (N-methyl/N-ethyl adjacent to an activating group) is 1. The predicted molar refractivity (Wildman–Crippen MR) is 94.0 cm³/mol. The minimum atomic E-state index is -1.03. The van der Waals surface area contributed by atoms with Crippen LogP contribution < -0.4 is 4.74 Å². The Kier molecular flexibility index (Phi) is 5.98. The van der Waals surface area contributed by atoms with Gasteiger partial charge in [-0.05, 0) is 55.0 Å². The van der Waals surface area contributed by atoms with Crippen LogP contribution in [0.1, 0.15) is 26.4 Å². The number of rotatable bonds is 7. The summed E-state index contributed by atoms with van der Waals surface area (Å²) in [7, 11) is 1.79. The maximum atomic E-state index is 12.6. The summed E-state index contributed by atoms with van der Waals surface area (Å²) in [5, 5.41) is 10.8. The van der Waals surface area contributed by atoms with Crippen LogP contribution in [0.2, 0.25) is 0 Å². The van der Waals surface area contributed by atoms with Gasteiger partial charge in [-0.2, -0.15) is 0 Å². The van der Waals surface area contributed by atoms with E-state index in [1.165, 1.54) is 4.88 Å². The Morgan fingerprint density at radius 1 is 1.25 bits per heavy atom. The predicted octanol–water partition coefficient (Wildman–Crippen LogP) is 3.14. The molecule has 0 saturated heterocycles. The highest BCUT2D eigenvalue weighted by Gasteiger charge is 2.16. The number of carbonyl (C=O) groups excluding carboxylic acids is 1. The summed E-state index contributed by atoms with van der Waals surface area (Å²) in [5.41, 5.74) is 2.10. The first-order valence-electron chi connectivity index (χ1n) is 7.62. The van der Waals surface area contributed by atoms with E-state index in [4.69, 9.17) is 9.84 Å². The van der Waals surface area contributed by atoms with Crippen LogP contribution in [0.25, 0.3) is 0 Å². The van der Waals surface area contributed by atoms with Gasteiger partial charge in [0.05, 0.1) is 0 Å². The van der Waals surface area contributed by atoms with Crippen LogP contribution in [0.5, 0.6) is 5.75 Å². The molecule has 0 radical (unpaired) electrons. The van der Waals surface area contributed by atoms with Crippen molar-refractivity contribution in [1.29, 1.82) is 0 Å². The van der Waals surface area contributed by atoms with Crippen molar-refractivity contribution in [3.05, 3.63) is 51.2 Å². The van der Waals surface area contributed by atoms with Gasteiger partial charge in [0.25, 0.3) is 5.91 Å². The third-order valence-electron chi connectivity index (χ3n) is 3.67. The normalized spacial score (nSPS) is 10.5. The van der Waals surface area contributed by atoms with Crippen LogP contribution in [0, 0.1) is 13.8 Å². The molecule has 0 aliphatic carbocycles. The summed E-state index contributed by atoms with van der Waals surface area (Å²) >= 11 is 1.68. The fraction of sp³-hybridized carbons (Fsp3) is 0.333. The van der Waals surface area contributed by atoms with E-state index in [0.29, 0.717) is 17.9 Å². The molecule has 0 spiro atoms. The Morgan fingerprint density at radius 3 is 2.46 bits per heavy atom. The highest BCUT2D eigenvalue weighted by Crippen LogP contribution is 2.25. The molecule has 1 aromatic carbocycles. The van der Waals surface area contributed by atoms with Gasteiger partial charge in [0, 0.05) is 24.0 Å². The Bertz CT molecular complexity index is 702. The lowest BCUT2D eigenvalue weighted by molar-refractivity contribution is -0.139. The maximum Gasteiger partial charge on any atom is 0.341 e. The molecule has 128 valence electrons. The molecule has 0 unspecified atom stereocenters. The molecule has 0 bridgehead atoms. The van der Waals surface area contributed by atoms with E-state index in [1.54, 1.807) is 35.4 Å². The van der Waals surface area contributed by atoms with E-state index in [-0.39, 0.29) is 5.91 Å². The molecule has 0 saturated carbocycles. The highest BCUT2D eigenvalue weighted by molar-refractivity contribution is 7.09. The highest BCUT2D eigenvalue weighted by atomic mass is 32.1. The van der Waals surface area contributed by atoms with Gasteiger partial charge in [0.15, 0.2) is 6.61 Å². The smallest absolute Gasteiger partial charge is 0.341 e. The lowest BCUT2D eigenvalue weighted by atomic mass is 10.0. The van der Waals surface area contributed by atoms with Gasteiger partial charge in [-0.15, -0.1) is 11.3 Å². The average Bonchev–Trinajstić information content (AvgIpc) is 3.04. The van der Waals surface area contributed by atoms with Crippen molar-refractivity contribution in [2.75, 3.05) is 20.2 Å². The number of carboxylic acid groups (broad SMARTS) is 1. The number of thiophene rings is 1. The topological polar surface area (TPSA) is 66.8 Å². The third-order valence-corrected chi connectivity index (χ3v) is 4.60. The summed E-state index contributed by atoms with van der Waals surface area (Å²) in [6.07, 6.45) is 0.831. The molecule has 1 amide bonds. The zero-order chi connectivity index (χ0) is 17.7. The molecule has 0 fully saturated rings. The number of hydrogen-bond donors (Lipinski definition) is 1. The molecule has 24 heavy (non-hydrogen) atoms. The van der Waals surface area contributed by atoms with E-state index in [2.05, 4.69) is 6.07 Å². The minimum Gasteiger partial charge on any atom is -0.481 e. The van der Waals surface area contributed by atoms with E-state index in [0.717, 1.165) is 17.5 Å². The number of benzene rings is 1. The molecule has 6 heteroatoms. The van der Waals surface area contributed by atoms with Crippen molar-refractivity contribution >= 4 is 23.2 Å². The summed E-state index contributed by atoms with van der Waals surface area (Å²) in [5.74, 6) is -0.556. The Morgan fingerprint density at radius 2 is 1.92 bits per heavy atom. The summed E-state index contributed by atoms with van der Waals surface area (Å²) in [6.45, 7) is 3.88. The Hall–Kier alpha value is -2.34. The van der Waals surface area contributed by atoms with Crippen molar-refractivity contribution in [2.45, 2.75) is 20.3 Å². The van der Waals surface area contributed by atoms with Crippen molar-refractivity contribution < 1.29 is 19.4 Å². The number of nitrogens with zero attached hydrogens (tertiary/aromatic N) is 1. The van der Waals surface area contributed by atoms with Gasteiger partial charge in [0.2, 0.25) is 0 Å². The largest absolute Gasteiger partial charge is 0.481 e. The zero-order valence-electron chi connectivity index (χ0n) is 14.0. The van der Waals surface area contributed by atoms with Crippen molar-refractivity contribution in [1.82, 2.24) is 4.90 Å². The third kappa shape index (κ3) is 4.58. The Balaban J connectivity index is 2.07. The van der Waals surface area contributed by atoms with E-state index < -0.39 is 12.6 Å². The van der Waals surface area contributed by atoms with E-state index >= 15 is 0 Å². The maximum absolute atomic E-state index is 12.6. The average molecular weight is 347 g/mol. The summed E-state index contributed by atoms with van der Waals surface area (Å²) in [4.78, 5) is 26.2. The molecule has 0 aliphatic heterocycles. The molecule has 1 heterocycles. The van der Waals surface area contributed by atoms with Crippen LogP contribution in [0.3, 0.4) is 0 Å². The second kappa shape index (κ2) is 7.97. The lowest BCUT2D eigenvalue weighted by Crippen LogP contribution is -2.28. The first-order chi connectivity index (χ1) is 11.4. The minimum absolute atomic E-state index is 0.0532. The van der Waals surface area contributed by atoms with Gasteiger partial charge < -0.3 is 14.7 Å². The second-order valence-corrected chi connectivity index (χ2v) is 6.71. The summed E-state index contributed by atoms with van der Waals surface area (Å²) < 4.78 is 5.30. The fourth-order valence-corrected chi connectivity index (χ4v) is 3.19. The molecule has 1 N–H and O–H groups in total. The number of hydrogen-bond acceptors (Lipinski definition) is 4. The molecular weight excluding hydrogens is 326 g/mol. The van der Waals surface area contributed by atoms with Crippen molar-refractivity contribution in [3.63, 3.8) is 0 Å². The number of carboxylic acids is 1. The van der Waals surface area contributed by atoms with Crippen molar-refractivity contribution in [3.8, 4) is 5.75 Å². The number of aliphatic carboxylic acids is 1. The van der Waals surface area contributed by atoms with Gasteiger partial charge in [-0.1, -0.05) is 6.07 Å². The van der Waals surface area contributed by atoms with Crippen LogP contribution in [-0.4, -0.2) is 42.1 Å². The number of ether oxygens (including phenoxy) is 1. The quantitative estimate of drug-likeness (QED) is 0.835. The van der Waals surface area contributed by atoms with Crippen LogP contribution in [-0.2, 0) is 11.2 Å². The van der Waals surface area contributed by atoms with Gasteiger partial charge in [0.1, 0.15) is 5.75 Å². The van der Waals surface area contributed by atoms with Gasteiger partial charge in [-0.3, -0.25) is 4.79 Å². The SMILES string of the molecule is Cc1cc(C(=O)N(C)CCc2cccs2)cc(C)c1OCC(=O)O. The van der Waals surface area contributed by atoms with E-state index in [9.17, 15) is 9.59 Å². The first-order valence-corrected chi connectivity index (χ1v) is 8.50. The zero-order valence-corrected chi connectivity index (χ0v) is 14.9. The molecule has 2 aromatic rings. The molecule has 5 nitrogen and oxygen atoms in total. The number of aryl methyl sites for hydroxylation is 2. The van der Waals surface area contributed by atoms with Crippen LogP contribution in [0.4, 0.5) is 0 Å². The molecular formula is C18H21NO4S. The van der Waals surface area contributed by atoms with Crippen molar-refractivity contribution in [2.24, 2.45) is 0 Å². The fourth-order valence-electron chi connectivity index (χ4n) is 2.49. The van der Waals surface area contributed by atoms with Gasteiger partial charge in [-0.25, -0.2) is 4.79 Å². The summed E-state index contributed by atoms with van der Waals surface area (Å²) in [6, 6.07) is 7.55.